The maximum atomic E-state index is 11.9. The number of phenols is 1. The van der Waals surface area contributed by atoms with Crippen molar-refractivity contribution in [1.29, 1.82) is 0 Å². The van der Waals surface area contributed by atoms with Crippen LogP contribution in [0, 0.1) is 6.92 Å². The predicted octanol–water partition coefficient (Wildman–Crippen LogP) is 3.38. The van der Waals surface area contributed by atoms with Crippen LogP contribution in [0.1, 0.15) is 24.0 Å². The molecule has 11 heteroatoms. The number of H-pyrrole nitrogens is 1. The minimum absolute atomic E-state index is 0.143. The molecule has 1 aliphatic heterocycles. The Labute approximate surface area is 219 Å². The Balaban J connectivity index is 1.21. The number of nitrogens with zero attached hydrogens (tertiary/aromatic N) is 4. The summed E-state index contributed by atoms with van der Waals surface area (Å²) in [5.74, 6) is 1.18. The Morgan fingerprint density at radius 3 is 2.79 bits per heavy atom. The van der Waals surface area contributed by atoms with Crippen molar-refractivity contribution in [1.82, 2.24) is 19.9 Å². The third-order valence-corrected chi connectivity index (χ3v) is 7.04. The van der Waals surface area contributed by atoms with E-state index in [1.165, 1.54) is 6.33 Å². The highest BCUT2D eigenvalue weighted by atomic mass is 16.4. The highest BCUT2D eigenvalue weighted by Gasteiger charge is 2.25. The van der Waals surface area contributed by atoms with Gasteiger partial charge in [-0.2, -0.15) is 0 Å². The number of carbonyl (C=O) groups excluding carboxylic acids is 1. The zero-order valence-corrected chi connectivity index (χ0v) is 21.4. The summed E-state index contributed by atoms with van der Waals surface area (Å²) in [6.07, 6.45) is 4.76. The zero-order valence-electron chi connectivity index (χ0n) is 21.4. The monoisotopic (exact) mass is 517 g/mol. The van der Waals surface area contributed by atoms with Crippen LogP contribution in [0.4, 0.5) is 23.0 Å². The fourth-order valence-electron chi connectivity index (χ4n) is 5.06. The third-order valence-electron chi connectivity index (χ3n) is 7.04. The molecule has 0 unspecified atom stereocenters. The van der Waals surface area contributed by atoms with Gasteiger partial charge >= 0.3 is 5.76 Å². The van der Waals surface area contributed by atoms with Crippen LogP contribution in [-0.4, -0.2) is 64.1 Å². The van der Waals surface area contributed by atoms with Gasteiger partial charge in [-0.1, -0.05) is 0 Å². The Hall–Kier alpha value is -4.54. The number of phenolic OH excluding ortho intramolecular Hbond substituents is 1. The number of benzene rings is 2. The number of nitrogens with one attached hydrogen (secondary N) is 3. The maximum absolute atomic E-state index is 11.9. The van der Waals surface area contributed by atoms with Crippen molar-refractivity contribution < 1.29 is 14.3 Å². The van der Waals surface area contributed by atoms with Crippen LogP contribution in [0.25, 0.3) is 11.1 Å². The molecule has 198 valence electrons. The summed E-state index contributed by atoms with van der Waals surface area (Å²) >= 11 is 0. The summed E-state index contributed by atoms with van der Waals surface area (Å²) in [4.78, 5) is 39.0. The zero-order chi connectivity index (χ0) is 26.6. The van der Waals surface area contributed by atoms with Crippen LogP contribution in [0.5, 0.6) is 5.75 Å². The predicted molar refractivity (Wildman–Crippen MR) is 146 cm³/mol. The number of anilines is 4. The average Bonchev–Trinajstić information content (AvgIpc) is 3.30. The lowest BCUT2D eigenvalue weighted by Gasteiger charge is -2.37. The Bertz CT molecular complexity index is 1490. The van der Waals surface area contributed by atoms with Crippen LogP contribution in [0.3, 0.4) is 0 Å². The molecule has 0 atom stereocenters. The van der Waals surface area contributed by atoms with Gasteiger partial charge in [0.1, 0.15) is 23.7 Å². The van der Waals surface area contributed by atoms with Gasteiger partial charge in [0.15, 0.2) is 5.58 Å². The lowest BCUT2D eigenvalue weighted by Crippen LogP contribution is -2.45. The van der Waals surface area contributed by atoms with Gasteiger partial charge in [0.2, 0.25) is 6.41 Å². The van der Waals surface area contributed by atoms with E-state index in [0.717, 1.165) is 60.7 Å². The second kappa shape index (κ2) is 10.8. The maximum Gasteiger partial charge on any atom is 0.417 e. The van der Waals surface area contributed by atoms with Gasteiger partial charge in [-0.05, 0) is 61.6 Å². The van der Waals surface area contributed by atoms with Gasteiger partial charge in [-0.3, -0.25) is 9.78 Å². The summed E-state index contributed by atoms with van der Waals surface area (Å²) in [5.41, 5.74) is 4.74. The van der Waals surface area contributed by atoms with E-state index in [1.807, 2.05) is 37.1 Å². The topological polar surface area (TPSA) is 140 Å². The summed E-state index contributed by atoms with van der Waals surface area (Å²) in [7, 11) is 1.85. The Morgan fingerprint density at radius 1 is 1.21 bits per heavy atom. The highest BCUT2D eigenvalue weighted by Crippen LogP contribution is 2.27. The number of hydrogen-bond donors (Lipinski definition) is 4. The molecule has 0 aliphatic carbocycles. The van der Waals surface area contributed by atoms with Crippen molar-refractivity contribution in [2.24, 2.45) is 0 Å². The van der Waals surface area contributed by atoms with E-state index in [4.69, 9.17) is 4.42 Å². The highest BCUT2D eigenvalue weighted by molar-refractivity contribution is 5.81. The van der Waals surface area contributed by atoms with E-state index in [-0.39, 0.29) is 11.8 Å². The van der Waals surface area contributed by atoms with E-state index in [1.54, 1.807) is 18.2 Å². The largest absolute Gasteiger partial charge is 0.508 e. The molecule has 0 saturated carbocycles. The first-order chi connectivity index (χ1) is 18.4. The minimum Gasteiger partial charge on any atom is -0.508 e. The van der Waals surface area contributed by atoms with Gasteiger partial charge in [0.25, 0.3) is 0 Å². The van der Waals surface area contributed by atoms with Gasteiger partial charge in [0.05, 0.1) is 5.52 Å². The lowest BCUT2D eigenvalue weighted by atomic mass is 10.0. The van der Waals surface area contributed by atoms with Crippen LogP contribution >= 0.6 is 0 Å². The summed E-state index contributed by atoms with van der Waals surface area (Å²) < 4.78 is 5.21. The van der Waals surface area contributed by atoms with Crippen molar-refractivity contribution in [3.05, 3.63) is 64.4 Å². The molecular formula is C27H31N7O4. The van der Waals surface area contributed by atoms with Crippen molar-refractivity contribution in [2.45, 2.75) is 32.2 Å². The molecular weight excluding hydrogens is 486 g/mol. The van der Waals surface area contributed by atoms with Crippen LogP contribution < -0.4 is 21.3 Å². The van der Waals surface area contributed by atoms with Crippen LogP contribution in [-0.2, 0) is 11.2 Å². The number of aromatic nitrogens is 3. The van der Waals surface area contributed by atoms with Crippen molar-refractivity contribution in [3.63, 3.8) is 0 Å². The number of oxazole rings is 1. The molecule has 3 heterocycles. The molecule has 1 amide bonds. The van der Waals surface area contributed by atoms with Gasteiger partial charge in [0, 0.05) is 56.2 Å². The Kier molecular flexibility index (Phi) is 7.16. The summed E-state index contributed by atoms with van der Waals surface area (Å²) in [5, 5.41) is 16.3. The molecule has 2 aromatic carbocycles. The molecule has 1 saturated heterocycles. The van der Waals surface area contributed by atoms with E-state index in [9.17, 15) is 14.7 Å². The van der Waals surface area contributed by atoms with Crippen molar-refractivity contribution in [2.75, 3.05) is 42.2 Å². The standard InChI is InChI=1S/C27H31N7O4/c1-17-11-19(13-23-26(17)32-27(37)38-23)31-24-14-25(30-15-29-24)33-9-6-20(7-10-33)34(16-35)8-5-18-12-21(36)3-4-22(18)28-2/h3-4,11-16,20,28,36H,5-10H2,1-2H3,(H,32,37)(H,29,30,31). The fourth-order valence-corrected chi connectivity index (χ4v) is 5.06. The normalized spacial score (nSPS) is 14.0. The number of hydrogen-bond acceptors (Lipinski definition) is 9. The molecule has 11 nitrogen and oxygen atoms in total. The molecule has 0 radical (unpaired) electrons. The first-order valence-corrected chi connectivity index (χ1v) is 12.6. The number of fused-ring (bicyclic) bond motifs is 1. The smallest absolute Gasteiger partial charge is 0.417 e. The molecule has 0 spiro atoms. The van der Waals surface area contributed by atoms with E-state index in [0.29, 0.717) is 29.9 Å². The van der Waals surface area contributed by atoms with Crippen molar-refractivity contribution in [3.8, 4) is 5.75 Å². The van der Waals surface area contributed by atoms with Gasteiger partial charge in [-0.25, -0.2) is 14.8 Å². The number of aromatic amines is 1. The number of aryl methyl sites for hydroxylation is 1. The molecule has 5 rings (SSSR count). The molecule has 2 aromatic heterocycles. The number of piperidine rings is 1. The quantitative estimate of drug-likeness (QED) is 0.194. The molecule has 1 aliphatic rings. The third kappa shape index (κ3) is 5.41. The minimum atomic E-state index is -0.483. The van der Waals surface area contributed by atoms with E-state index in [2.05, 4.69) is 30.5 Å². The molecule has 1 fully saturated rings. The number of amides is 1. The SMILES string of the molecule is CNc1ccc(O)cc1CCN(C=O)C1CCN(c2cc(Nc3cc(C)c4[nH]c(=O)oc4c3)ncn2)CC1. The van der Waals surface area contributed by atoms with Crippen LogP contribution in [0.2, 0.25) is 0 Å². The van der Waals surface area contributed by atoms with Gasteiger partial charge in [-0.15, -0.1) is 0 Å². The summed E-state index contributed by atoms with van der Waals surface area (Å²) in [6.45, 7) is 4.01. The van der Waals surface area contributed by atoms with Crippen LogP contribution in [0.15, 0.2) is 51.9 Å². The van der Waals surface area contributed by atoms with E-state index >= 15 is 0 Å². The first kappa shape index (κ1) is 25.1. The van der Waals surface area contributed by atoms with E-state index < -0.39 is 5.76 Å². The fraction of sp³-hybridized carbons (Fsp3) is 0.333. The molecule has 0 bridgehead atoms. The average molecular weight is 518 g/mol. The second-order valence-corrected chi connectivity index (χ2v) is 9.47. The van der Waals surface area contributed by atoms with Crippen molar-refractivity contribution >= 4 is 40.5 Å². The number of rotatable bonds is 9. The number of aromatic hydroxyl groups is 1. The molecule has 4 aromatic rings. The molecule has 4 N–H and O–H groups in total. The molecule has 38 heavy (non-hydrogen) atoms. The first-order valence-electron chi connectivity index (χ1n) is 12.6. The van der Waals surface area contributed by atoms with Gasteiger partial charge < -0.3 is 30.0 Å². The lowest BCUT2D eigenvalue weighted by molar-refractivity contribution is -0.120. The second-order valence-electron chi connectivity index (χ2n) is 9.47. The Morgan fingerprint density at radius 2 is 2.03 bits per heavy atom. The number of carbonyl (C=O) groups is 1. The summed E-state index contributed by atoms with van der Waals surface area (Å²) in [6, 6.07) is 11.0.